The monoisotopic (exact) mass is 379 g/mol. The lowest BCUT2D eigenvalue weighted by Gasteiger charge is -2.18. The van der Waals surface area contributed by atoms with Crippen LogP contribution >= 0.6 is 0 Å². The van der Waals surface area contributed by atoms with E-state index in [0.29, 0.717) is 5.56 Å². The van der Waals surface area contributed by atoms with Crippen molar-refractivity contribution in [1.29, 1.82) is 0 Å². The summed E-state index contributed by atoms with van der Waals surface area (Å²) in [6, 6.07) is 10.9. The zero-order chi connectivity index (χ0) is 20.0. The van der Waals surface area contributed by atoms with Gasteiger partial charge in [-0.1, -0.05) is 36.4 Å². The van der Waals surface area contributed by atoms with Crippen LogP contribution < -0.4 is 5.32 Å². The van der Waals surface area contributed by atoms with Gasteiger partial charge in [0.1, 0.15) is 6.04 Å². The summed E-state index contributed by atoms with van der Waals surface area (Å²) in [5.41, 5.74) is 1.50. The van der Waals surface area contributed by atoms with Gasteiger partial charge in [0.15, 0.2) is 0 Å². The average Bonchev–Trinajstić information content (AvgIpc) is 2.62. The fourth-order valence-electron chi connectivity index (χ4n) is 2.64. The van der Waals surface area contributed by atoms with Gasteiger partial charge < -0.3 is 10.1 Å². The highest BCUT2D eigenvalue weighted by Crippen LogP contribution is 2.29. The van der Waals surface area contributed by atoms with Crippen LogP contribution in [0.1, 0.15) is 22.3 Å². The van der Waals surface area contributed by atoms with Gasteiger partial charge in [-0.25, -0.2) is 4.79 Å². The van der Waals surface area contributed by atoms with Gasteiger partial charge in [-0.15, -0.1) is 0 Å². The summed E-state index contributed by atoms with van der Waals surface area (Å²) >= 11 is 0. The maximum Gasteiger partial charge on any atom is 0.416 e. The second-order valence-electron chi connectivity index (χ2n) is 6.15. The van der Waals surface area contributed by atoms with Crippen molar-refractivity contribution in [3.63, 3.8) is 0 Å². The number of alkyl halides is 3. The number of nitrogens with one attached hydrogen (secondary N) is 1. The van der Waals surface area contributed by atoms with Crippen LogP contribution in [0.4, 0.5) is 13.2 Å². The lowest BCUT2D eigenvalue weighted by molar-refractivity contribution is -0.145. The zero-order valence-corrected chi connectivity index (χ0v) is 15.0. The molecule has 2 aromatic carbocycles. The molecule has 0 spiro atoms. The summed E-state index contributed by atoms with van der Waals surface area (Å²) in [6.45, 7) is 1.90. The molecule has 0 aliphatic rings. The van der Waals surface area contributed by atoms with Crippen molar-refractivity contribution in [2.75, 3.05) is 7.11 Å². The number of carbonyl (C=O) groups excluding carboxylic acids is 2. The largest absolute Gasteiger partial charge is 0.467 e. The number of rotatable bonds is 6. The number of halogens is 3. The van der Waals surface area contributed by atoms with Crippen molar-refractivity contribution in [3.05, 3.63) is 70.8 Å². The molecule has 0 bridgehead atoms. The van der Waals surface area contributed by atoms with Crippen molar-refractivity contribution >= 4 is 11.9 Å². The van der Waals surface area contributed by atoms with Crippen molar-refractivity contribution in [3.8, 4) is 0 Å². The summed E-state index contributed by atoms with van der Waals surface area (Å²) < 4.78 is 42.5. The molecule has 0 radical (unpaired) electrons. The second kappa shape index (κ2) is 8.70. The Hall–Kier alpha value is -2.83. The van der Waals surface area contributed by atoms with E-state index >= 15 is 0 Å². The highest BCUT2D eigenvalue weighted by molar-refractivity contribution is 5.85. The van der Waals surface area contributed by atoms with Crippen molar-refractivity contribution in [2.45, 2.75) is 32.0 Å². The van der Waals surface area contributed by atoms with Gasteiger partial charge in [-0.3, -0.25) is 4.79 Å². The van der Waals surface area contributed by atoms with Gasteiger partial charge >= 0.3 is 12.1 Å². The van der Waals surface area contributed by atoms with Gasteiger partial charge in [0.05, 0.1) is 19.1 Å². The van der Waals surface area contributed by atoms with Crippen LogP contribution in [-0.2, 0) is 33.3 Å². The van der Waals surface area contributed by atoms with Crippen LogP contribution in [-0.4, -0.2) is 25.0 Å². The van der Waals surface area contributed by atoms with Crippen LogP contribution in [0.2, 0.25) is 0 Å². The molecular weight excluding hydrogens is 359 g/mol. The number of aryl methyl sites for hydroxylation is 1. The Kier molecular flexibility index (Phi) is 6.60. The molecule has 0 unspecified atom stereocenters. The first kappa shape index (κ1) is 20.5. The van der Waals surface area contributed by atoms with E-state index in [1.165, 1.54) is 19.2 Å². The molecule has 0 aliphatic heterocycles. The molecule has 144 valence electrons. The standard InChI is InChI=1S/C20H20F3NO3/c1-13-5-3-4-6-15(13)12-17(19(26)27-2)24-18(25)11-14-7-9-16(10-8-14)20(21,22)23/h3-10,17H,11-12H2,1-2H3,(H,24,25)/t17-/m0/s1. The lowest BCUT2D eigenvalue weighted by atomic mass is 10.0. The van der Waals surface area contributed by atoms with Gasteiger partial charge in [-0.05, 0) is 35.7 Å². The highest BCUT2D eigenvalue weighted by atomic mass is 19.4. The van der Waals surface area contributed by atoms with Crippen LogP contribution in [0.15, 0.2) is 48.5 Å². The van der Waals surface area contributed by atoms with E-state index in [2.05, 4.69) is 5.32 Å². The Bertz CT molecular complexity index is 801. The third kappa shape index (κ3) is 5.84. The maximum absolute atomic E-state index is 12.6. The van der Waals surface area contributed by atoms with Crippen molar-refractivity contribution in [2.24, 2.45) is 0 Å². The highest BCUT2D eigenvalue weighted by Gasteiger charge is 2.30. The zero-order valence-electron chi connectivity index (χ0n) is 15.0. The van der Waals surface area contributed by atoms with E-state index in [0.717, 1.165) is 23.3 Å². The number of ether oxygens (including phenoxy) is 1. The first-order chi connectivity index (χ1) is 12.7. The number of amides is 1. The number of methoxy groups -OCH3 is 1. The molecule has 2 aromatic rings. The first-order valence-corrected chi connectivity index (χ1v) is 8.28. The van der Waals surface area contributed by atoms with E-state index in [-0.39, 0.29) is 12.8 Å². The molecule has 0 saturated heterocycles. The number of hydrogen-bond donors (Lipinski definition) is 1. The Balaban J connectivity index is 2.05. The Morgan fingerprint density at radius 3 is 2.26 bits per heavy atom. The lowest BCUT2D eigenvalue weighted by Crippen LogP contribution is -2.43. The average molecular weight is 379 g/mol. The van der Waals surface area contributed by atoms with Crippen molar-refractivity contribution < 1.29 is 27.5 Å². The first-order valence-electron chi connectivity index (χ1n) is 8.28. The Morgan fingerprint density at radius 2 is 1.70 bits per heavy atom. The Morgan fingerprint density at radius 1 is 1.07 bits per heavy atom. The third-order valence-electron chi connectivity index (χ3n) is 4.15. The molecule has 0 fully saturated rings. The topological polar surface area (TPSA) is 55.4 Å². The number of benzene rings is 2. The SMILES string of the molecule is COC(=O)[C@H](Cc1ccccc1C)NC(=O)Cc1ccc(C(F)(F)F)cc1. The normalized spacial score (nSPS) is 12.3. The minimum Gasteiger partial charge on any atom is -0.467 e. The van der Waals surface area contributed by atoms with Gasteiger partial charge in [-0.2, -0.15) is 13.2 Å². The third-order valence-corrected chi connectivity index (χ3v) is 4.15. The summed E-state index contributed by atoms with van der Waals surface area (Å²) in [4.78, 5) is 24.3. The molecule has 1 atom stereocenters. The molecule has 2 rings (SSSR count). The number of esters is 1. The van der Waals surface area contributed by atoms with Crippen LogP contribution in [0.25, 0.3) is 0 Å². The maximum atomic E-state index is 12.6. The fraction of sp³-hybridized carbons (Fsp3) is 0.300. The molecule has 27 heavy (non-hydrogen) atoms. The molecule has 7 heteroatoms. The summed E-state index contributed by atoms with van der Waals surface area (Å²) in [5.74, 6) is -1.06. The quantitative estimate of drug-likeness (QED) is 0.782. The van der Waals surface area contributed by atoms with Crippen LogP contribution in [0.5, 0.6) is 0 Å². The smallest absolute Gasteiger partial charge is 0.416 e. The molecular formula is C20H20F3NO3. The minimum absolute atomic E-state index is 0.139. The van der Waals surface area contributed by atoms with Crippen LogP contribution in [0, 0.1) is 6.92 Å². The molecule has 0 aliphatic carbocycles. The summed E-state index contributed by atoms with van der Waals surface area (Å²) in [7, 11) is 1.23. The predicted molar refractivity (Wildman–Crippen MR) is 94.0 cm³/mol. The van der Waals surface area contributed by atoms with E-state index in [9.17, 15) is 22.8 Å². The van der Waals surface area contributed by atoms with E-state index in [4.69, 9.17) is 4.74 Å². The molecule has 0 heterocycles. The second-order valence-corrected chi connectivity index (χ2v) is 6.15. The van der Waals surface area contributed by atoms with E-state index < -0.39 is 29.7 Å². The fourth-order valence-corrected chi connectivity index (χ4v) is 2.64. The number of carbonyl (C=O) groups is 2. The van der Waals surface area contributed by atoms with E-state index in [1.54, 1.807) is 0 Å². The van der Waals surface area contributed by atoms with Gasteiger partial charge in [0.25, 0.3) is 0 Å². The molecule has 4 nitrogen and oxygen atoms in total. The molecule has 1 N–H and O–H groups in total. The Labute approximate surface area is 155 Å². The van der Waals surface area contributed by atoms with Crippen molar-refractivity contribution in [1.82, 2.24) is 5.32 Å². The summed E-state index contributed by atoms with van der Waals surface area (Å²) in [6.07, 6.45) is -4.30. The molecule has 1 amide bonds. The van der Waals surface area contributed by atoms with Gasteiger partial charge in [0, 0.05) is 6.42 Å². The van der Waals surface area contributed by atoms with Crippen LogP contribution in [0.3, 0.4) is 0 Å². The molecule has 0 aromatic heterocycles. The molecule has 0 saturated carbocycles. The van der Waals surface area contributed by atoms with Gasteiger partial charge in [0.2, 0.25) is 5.91 Å². The number of hydrogen-bond acceptors (Lipinski definition) is 3. The summed E-state index contributed by atoms with van der Waals surface area (Å²) in [5, 5.41) is 2.60. The predicted octanol–water partition coefficient (Wildman–Crippen LogP) is 3.46. The van der Waals surface area contributed by atoms with E-state index in [1.807, 2.05) is 31.2 Å². The minimum atomic E-state index is -4.43.